The number of anilines is 1. The van der Waals surface area contributed by atoms with Crippen LogP contribution >= 0.6 is 11.8 Å². The zero-order chi connectivity index (χ0) is 23.4. The first kappa shape index (κ1) is 22.5. The zero-order valence-corrected chi connectivity index (χ0v) is 19.5. The smallest absolute Gasteiger partial charge is 0.237 e. The van der Waals surface area contributed by atoms with Crippen molar-refractivity contribution in [1.29, 1.82) is 0 Å². The van der Waals surface area contributed by atoms with E-state index >= 15 is 0 Å². The van der Waals surface area contributed by atoms with Crippen LogP contribution < -0.4 is 5.32 Å². The van der Waals surface area contributed by atoms with Crippen LogP contribution in [0.2, 0.25) is 0 Å². The lowest BCUT2D eigenvalue weighted by Gasteiger charge is -2.14. The van der Waals surface area contributed by atoms with E-state index in [1.165, 1.54) is 24.2 Å². The maximum Gasteiger partial charge on any atom is 0.237 e. The summed E-state index contributed by atoms with van der Waals surface area (Å²) in [5, 5.41) is 12.0. The lowest BCUT2D eigenvalue weighted by atomic mass is 10.1. The zero-order valence-electron chi connectivity index (χ0n) is 18.6. The highest BCUT2D eigenvalue weighted by Gasteiger charge is 2.22. The van der Waals surface area contributed by atoms with Gasteiger partial charge in [0.1, 0.15) is 0 Å². The summed E-state index contributed by atoms with van der Waals surface area (Å²) in [6, 6.07) is 24.9. The molecule has 3 aromatic carbocycles. The number of carbonyl (C=O) groups excluding carboxylic acids is 2. The van der Waals surface area contributed by atoms with Crippen LogP contribution in [0.4, 0.5) is 5.69 Å². The molecule has 4 rings (SSSR count). The van der Waals surface area contributed by atoms with Gasteiger partial charge in [-0.2, -0.15) is 0 Å². The monoisotopic (exact) mass is 456 g/mol. The van der Waals surface area contributed by atoms with Crippen LogP contribution in [0.3, 0.4) is 0 Å². The minimum absolute atomic E-state index is 0.0126. The number of Topliss-reactive ketones (excluding diaryl/α,β-unsaturated/α-hetero) is 1. The number of ketones is 1. The van der Waals surface area contributed by atoms with Gasteiger partial charge >= 0.3 is 0 Å². The third-order valence-corrected chi connectivity index (χ3v) is 6.21. The molecule has 4 aromatic rings. The first-order chi connectivity index (χ1) is 15.9. The van der Waals surface area contributed by atoms with Crippen LogP contribution in [-0.4, -0.2) is 31.7 Å². The average molecular weight is 457 g/mol. The molecule has 166 valence electrons. The Hall–Kier alpha value is -3.71. The Morgan fingerprint density at radius 2 is 1.58 bits per heavy atom. The maximum atomic E-state index is 12.8. The lowest BCUT2D eigenvalue weighted by molar-refractivity contribution is -0.115. The number of nitrogens with one attached hydrogen (secondary N) is 1. The number of hydrogen-bond donors (Lipinski definition) is 1. The van der Waals surface area contributed by atoms with Crippen molar-refractivity contribution in [2.45, 2.75) is 31.2 Å². The van der Waals surface area contributed by atoms with Gasteiger partial charge in [-0.05, 0) is 57.2 Å². The number of benzene rings is 3. The second kappa shape index (κ2) is 9.83. The fourth-order valence-corrected chi connectivity index (χ4v) is 4.16. The average Bonchev–Trinajstić information content (AvgIpc) is 3.23. The van der Waals surface area contributed by atoms with Gasteiger partial charge < -0.3 is 5.32 Å². The Labute approximate surface area is 197 Å². The minimum atomic E-state index is -0.421. The highest BCUT2D eigenvalue weighted by Crippen LogP contribution is 2.30. The fraction of sp³-hybridized carbons (Fsp3) is 0.154. The Bertz CT molecular complexity index is 1270. The van der Waals surface area contributed by atoms with E-state index < -0.39 is 5.25 Å². The van der Waals surface area contributed by atoms with E-state index in [1.54, 1.807) is 24.3 Å². The van der Waals surface area contributed by atoms with Crippen molar-refractivity contribution in [1.82, 2.24) is 14.8 Å². The van der Waals surface area contributed by atoms with Crippen molar-refractivity contribution < 1.29 is 9.59 Å². The van der Waals surface area contributed by atoms with E-state index in [2.05, 4.69) is 15.5 Å². The molecule has 0 aliphatic rings. The molecule has 1 heterocycles. The second-order valence-electron chi connectivity index (χ2n) is 7.73. The van der Waals surface area contributed by atoms with Gasteiger partial charge in [-0.3, -0.25) is 14.2 Å². The molecule has 0 saturated heterocycles. The molecule has 6 nitrogen and oxygen atoms in total. The van der Waals surface area contributed by atoms with Crippen molar-refractivity contribution in [2.24, 2.45) is 0 Å². The molecule has 0 aliphatic carbocycles. The standard InChI is InChI=1S/C26H24N4O2S/c1-17-9-11-21(12-10-17)24-28-29-26(30(24)23-7-5-4-6-8-23)33-19(3)25(32)27-22-15-13-20(14-16-22)18(2)31/h4-16,19H,1-3H3,(H,27,32)/t19-/m0/s1. The van der Waals surface area contributed by atoms with E-state index in [-0.39, 0.29) is 11.7 Å². The molecule has 1 aromatic heterocycles. The normalized spacial score (nSPS) is 11.7. The van der Waals surface area contributed by atoms with Crippen LogP contribution in [-0.2, 0) is 4.79 Å². The van der Waals surface area contributed by atoms with Crippen molar-refractivity contribution in [3.63, 3.8) is 0 Å². The third kappa shape index (κ3) is 5.21. The predicted molar refractivity (Wildman–Crippen MR) is 132 cm³/mol. The molecule has 33 heavy (non-hydrogen) atoms. The minimum Gasteiger partial charge on any atom is -0.325 e. The highest BCUT2D eigenvalue weighted by molar-refractivity contribution is 8.00. The van der Waals surface area contributed by atoms with Crippen LogP contribution in [0, 0.1) is 6.92 Å². The summed E-state index contributed by atoms with van der Waals surface area (Å²) < 4.78 is 1.97. The van der Waals surface area contributed by atoms with E-state index in [1.807, 2.05) is 73.0 Å². The molecular weight excluding hydrogens is 432 g/mol. The summed E-state index contributed by atoms with van der Waals surface area (Å²) in [5.41, 5.74) is 4.29. The molecular formula is C26H24N4O2S. The number of carbonyl (C=O) groups is 2. The van der Waals surface area contributed by atoms with Gasteiger partial charge in [-0.25, -0.2) is 0 Å². The Morgan fingerprint density at radius 3 is 2.21 bits per heavy atom. The molecule has 0 bridgehead atoms. The number of aryl methyl sites for hydroxylation is 1. The summed E-state index contributed by atoms with van der Waals surface area (Å²) in [6.45, 7) is 5.39. The van der Waals surface area contributed by atoms with Gasteiger partial charge in [0, 0.05) is 22.5 Å². The van der Waals surface area contributed by atoms with Gasteiger partial charge in [-0.1, -0.05) is 59.8 Å². The third-order valence-electron chi connectivity index (χ3n) is 5.17. The number of rotatable bonds is 7. The molecule has 1 atom stereocenters. The van der Waals surface area contributed by atoms with E-state index in [9.17, 15) is 9.59 Å². The summed E-state index contributed by atoms with van der Waals surface area (Å²) in [7, 11) is 0. The molecule has 0 radical (unpaired) electrons. The molecule has 1 N–H and O–H groups in total. The number of hydrogen-bond acceptors (Lipinski definition) is 5. The number of amides is 1. The Kier molecular flexibility index (Phi) is 6.70. The van der Waals surface area contributed by atoms with Gasteiger partial charge in [0.2, 0.25) is 5.91 Å². The first-order valence-corrected chi connectivity index (χ1v) is 11.5. The van der Waals surface area contributed by atoms with Gasteiger partial charge in [-0.15, -0.1) is 10.2 Å². The molecule has 0 aliphatic heterocycles. The molecule has 7 heteroatoms. The molecule has 0 spiro atoms. The van der Waals surface area contributed by atoms with Crippen LogP contribution in [0.15, 0.2) is 84.0 Å². The first-order valence-electron chi connectivity index (χ1n) is 10.6. The van der Waals surface area contributed by atoms with Crippen molar-refractivity contribution in [3.05, 3.63) is 90.0 Å². The van der Waals surface area contributed by atoms with Crippen LogP contribution in [0.25, 0.3) is 17.1 Å². The van der Waals surface area contributed by atoms with Crippen LogP contribution in [0.5, 0.6) is 0 Å². The van der Waals surface area contributed by atoms with E-state index in [0.29, 0.717) is 16.4 Å². The Balaban J connectivity index is 1.58. The topological polar surface area (TPSA) is 76.9 Å². The van der Waals surface area contributed by atoms with Gasteiger partial charge in [0.05, 0.1) is 5.25 Å². The fourth-order valence-electron chi connectivity index (χ4n) is 3.29. The van der Waals surface area contributed by atoms with Crippen molar-refractivity contribution in [2.75, 3.05) is 5.32 Å². The molecule has 0 saturated carbocycles. The Morgan fingerprint density at radius 1 is 0.909 bits per heavy atom. The number of para-hydroxylation sites is 1. The molecule has 1 amide bonds. The second-order valence-corrected chi connectivity index (χ2v) is 9.03. The summed E-state index contributed by atoms with van der Waals surface area (Å²) in [6.07, 6.45) is 0. The summed E-state index contributed by atoms with van der Waals surface area (Å²) in [4.78, 5) is 24.3. The number of aromatic nitrogens is 3. The number of nitrogens with zero attached hydrogens (tertiary/aromatic N) is 3. The van der Waals surface area contributed by atoms with Crippen molar-refractivity contribution in [3.8, 4) is 17.1 Å². The lowest BCUT2D eigenvalue weighted by Crippen LogP contribution is -2.23. The van der Waals surface area contributed by atoms with E-state index in [0.717, 1.165) is 17.1 Å². The quantitative estimate of drug-likeness (QED) is 0.291. The molecule has 0 fully saturated rings. The van der Waals surface area contributed by atoms with Crippen molar-refractivity contribution >= 4 is 29.1 Å². The largest absolute Gasteiger partial charge is 0.325 e. The summed E-state index contributed by atoms with van der Waals surface area (Å²) in [5.74, 6) is 0.549. The predicted octanol–water partition coefficient (Wildman–Crippen LogP) is 5.56. The van der Waals surface area contributed by atoms with E-state index in [4.69, 9.17) is 0 Å². The van der Waals surface area contributed by atoms with Gasteiger partial charge in [0.15, 0.2) is 16.8 Å². The van der Waals surface area contributed by atoms with Crippen LogP contribution in [0.1, 0.15) is 29.8 Å². The SMILES string of the molecule is CC(=O)c1ccc(NC(=O)[C@H](C)Sc2nnc(-c3ccc(C)cc3)n2-c2ccccc2)cc1. The summed E-state index contributed by atoms with van der Waals surface area (Å²) >= 11 is 1.34. The van der Waals surface area contributed by atoms with Gasteiger partial charge in [0.25, 0.3) is 0 Å². The highest BCUT2D eigenvalue weighted by atomic mass is 32.2. The maximum absolute atomic E-state index is 12.8. The number of thioether (sulfide) groups is 1. The molecule has 0 unspecified atom stereocenters.